The molecule has 0 aliphatic heterocycles. The van der Waals surface area contributed by atoms with Crippen molar-refractivity contribution in [3.63, 3.8) is 0 Å². The minimum Gasteiger partial charge on any atom is -0.418 e. The zero-order valence-corrected chi connectivity index (χ0v) is 16.0. The summed E-state index contributed by atoms with van der Waals surface area (Å²) in [5.74, 6) is 1.34. The fourth-order valence-electron chi connectivity index (χ4n) is 3.08. The Morgan fingerprint density at radius 1 is 0.708 bits per heavy atom. The molecule has 0 spiro atoms. The summed E-state index contributed by atoms with van der Waals surface area (Å²) in [6.07, 6.45) is 3.56. The molecule has 2 aromatic carbocycles. The maximum atomic E-state index is 12.5. The third-order valence-electron chi connectivity index (χ3n) is 4.32. The van der Waals surface area contributed by atoms with Gasteiger partial charge in [0.05, 0.1) is 0 Å². The lowest BCUT2D eigenvalue weighted by atomic mass is 10.0. The maximum absolute atomic E-state index is 12.5. The van der Waals surface area contributed by atoms with Crippen LogP contribution in [0.15, 0.2) is 36.4 Å². The lowest BCUT2D eigenvalue weighted by Crippen LogP contribution is -1.99. The molecule has 0 amide bonds. The smallest absolute Gasteiger partial charge is 0.418 e. The topological polar surface area (TPSA) is 35.5 Å². The highest BCUT2D eigenvalue weighted by Crippen LogP contribution is 2.36. The van der Waals surface area contributed by atoms with E-state index in [0.717, 1.165) is 36.8 Å². The molecule has 2 rings (SSSR count). The second-order valence-corrected chi connectivity index (χ2v) is 6.56. The minimum atomic E-state index is -2.66. The van der Waals surface area contributed by atoms with Crippen LogP contribution in [0.25, 0.3) is 0 Å². The second-order valence-electron chi connectivity index (χ2n) is 5.66. The first kappa shape index (κ1) is 18.6. The Balaban J connectivity index is 2.21. The average Bonchev–Trinajstić information content (AvgIpc) is 2.60. The summed E-state index contributed by atoms with van der Waals surface area (Å²) in [5.41, 5.74) is 4.68. The van der Waals surface area contributed by atoms with Crippen LogP contribution in [-0.4, -0.2) is 0 Å². The first-order valence-corrected chi connectivity index (χ1v) is 9.98. The van der Waals surface area contributed by atoms with E-state index in [2.05, 4.69) is 39.8 Å². The van der Waals surface area contributed by atoms with Crippen molar-refractivity contribution in [2.24, 2.45) is 0 Å². The summed E-state index contributed by atoms with van der Waals surface area (Å²) in [6.45, 7) is 8.39. The summed E-state index contributed by atoms with van der Waals surface area (Å²) in [5, 5.41) is 0. The average molecular weight is 346 g/mol. The molecule has 0 aliphatic carbocycles. The van der Waals surface area contributed by atoms with E-state index in [1.165, 1.54) is 11.1 Å². The Hall–Kier alpha value is -1.73. The summed E-state index contributed by atoms with van der Waals surface area (Å²) in [7, 11) is -2.66. The van der Waals surface area contributed by atoms with Crippen molar-refractivity contribution in [2.75, 3.05) is 0 Å². The first-order valence-electron chi connectivity index (χ1n) is 8.75. The van der Waals surface area contributed by atoms with Crippen LogP contribution in [0.1, 0.15) is 49.9 Å². The van der Waals surface area contributed by atoms with Crippen molar-refractivity contribution in [1.29, 1.82) is 0 Å². The molecule has 4 heteroatoms. The molecule has 0 aliphatic rings. The van der Waals surface area contributed by atoms with E-state index in [1.807, 2.05) is 24.3 Å². The van der Waals surface area contributed by atoms with Crippen molar-refractivity contribution in [3.05, 3.63) is 58.7 Å². The molecule has 0 saturated heterocycles. The molecular weight excluding hydrogens is 319 g/mol. The van der Waals surface area contributed by atoms with Crippen LogP contribution in [0.5, 0.6) is 11.5 Å². The number of hydrogen-bond donors (Lipinski definition) is 0. The van der Waals surface area contributed by atoms with Crippen LogP contribution in [0.4, 0.5) is 0 Å². The number of aryl methyl sites for hydroxylation is 2. The molecule has 0 atom stereocenters. The van der Waals surface area contributed by atoms with Crippen LogP contribution in [-0.2, 0) is 30.2 Å². The number of rotatable bonds is 8. The van der Waals surface area contributed by atoms with E-state index >= 15 is 0 Å². The van der Waals surface area contributed by atoms with Gasteiger partial charge in [0.2, 0.25) is 0 Å². The Bertz CT molecular complexity index is 651. The highest BCUT2D eigenvalue weighted by atomic mass is 31.1. The predicted molar refractivity (Wildman–Crippen MR) is 101 cm³/mol. The SMILES string of the molecule is CCc1cccc(O[PH](=O)Oc2cccc(CC)c2CC)c1CC. The highest BCUT2D eigenvalue weighted by molar-refractivity contribution is 7.34. The van der Waals surface area contributed by atoms with E-state index in [1.54, 1.807) is 0 Å². The normalized spacial score (nSPS) is 10.9. The van der Waals surface area contributed by atoms with Gasteiger partial charge < -0.3 is 9.05 Å². The standard InChI is InChI=1S/C20H27O3P/c1-5-15-11-9-13-19(17(15)7-3)22-24(21)23-20-14-10-12-16(6-2)18(20)8-4/h9-14,24H,5-8H2,1-4H3. The molecule has 130 valence electrons. The molecule has 24 heavy (non-hydrogen) atoms. The van der Waals surface area contributed by atoms with E-state index in [4.69, 9.17) is 9.05 Å². The second kappa shape index (κ2) is 8.94. The van der Waals surface area contributed by atoms with Crippen molar-refractivity contribution in [2.45, 2.75) is 53.4 Å². The summed E-state index contributed by atoms with van der Waals surface area (Å²) in [4.78, 5) is 0. The van der Waals surface area contributed by atoms with Crippen LogP contribution in [0.2, 0.25) is 0 Å². The molecule has 0 radical (unpaired) electrons. The summed E-state index contributed by atoms with van der Waals surface area (Å²) < 4.78 is 23.8. The third kappa shape index (κ3) is 4.21. The molecule has 0 aromatic heterocycles. The van der Waals surface area contributed by atoms with Crippen molar-refractivity contribution < 1.29 is 13.6 Å². The first-order chi connectivity index (χ1) is 11.6. The molecule has 0 heterocycles. The molecule has 0 fully saturated rings. The predicted octanol–water partition coefficient (Wildman–Crippen LogP) is 5.78. The zero-order chi connectivity index (χ0) is 17.5. The molecule has 2 aromatic rings. The van der Waals surface area contributed by atoms with Gasteiger partial charge in [-0.05, 0) is 60.1 Å². The van der Waals surface area contributed by atoms with Crippen LogP contribution < -0.4 is 9.05 Å². The Labute approximate surface area is 146 Å². The van der Waals surface area contributed by atoms with Crippen LogP contribution in [0, 0.1) is 0 Å². The summed E-state index contributed by atoms with van der Waals surface area (Å²) in [6, 6.07) is 11.8. The Morgan fingerprint density at radius 3 is 1.46 bits per heavy atom. The van der Waals surface area contributed by atoms with E-state index in [9.17, 15) is 4.57 Å². The minimum absolute atomic E-state index is 0.672. The van der Waals surface area contributed by atoms with E-state index < -0.39 is 8.25 Å². The lowest BCUT2D eigenvalue weighted by molar-refractivity contribution is 0.411. The fraction of sp³-hybridized carbons (Fsp3) is 0.400. The van der Waals surface area contributed by atoms with Gasteiger partial charge in [0.1, 0.15) is 11.5 Å². The van der Waals surface area contributed by atoms with Gasteiger partial charge in [-0.1, -0.05) is 52.0 Å². The van der Waals surface area contributed by atoms with Crippen molar-refractivity contribution >= 4 is 8.25 Å². The van der Waals surface area contributed by atoms with E-state index in [-0.39, 0.29) is 0 Å². The fourth-order valence-corrected chi connectivity index (χ4v) is 3.86. The molecule has 3 nitrogen and oxygen atoms in total. The number of benzene rings is 2. The van der Waals surface area contributed by atoms with E-state index in [0.29, 0.717) is 11.5 Å². The van der Waals surface area contributed by atoms with Gasteiger partial charge in [-0.2, -0.15) is 0 Å². The number of hydrogen-bond acceptors (Lipinski definition) is 3. The van der Waals surface area contributed by atoms with Crippen LogP contribution in [0.3, 0.4) is 0 Å². The molecular formula is C20H27O3P. The van der Waals surface area contributed by atoms with Crippen molar-refractivity contribution in [1.82, 2.24) is 0 Å². The van der Waals surface area contributed by atoms with Crippen LogP contribution >= 0.6 is 8.25 Å². The highest BCUT2D eigenvalue weighted by Gasteiger charge is 2.13. The Kier molecular flexibility index (Phi) is 6.93. The van der Waals surface area contributed by atoms with Gasteiger partial charge in [-0.3, -0.25) is 0 Å². The zero-order valence-electron chi connectivity index (χ0n) is 15.0. The van der Waals surface area contributed by atoms with Gasteiger partial charge in [-0.25, -0.2) is 4.57 Å². The monoisotopic (exact) mass is 346 g/mol. The molecule has 0 bridgehead atoms. The maximum Gasteiger partial charge on any atom is 0.418 e. The quantitative estimate of drug-likeness (QED) is 0.568. The molecule has 0 N–H and O–H groups in total. The lowest BCUT2D eigenvalue weighted by Gasteiger charge is -2.16. The van der Waals surface area contributed by atoms with Gasteiger partial charge in [0.15, 0.2) is 0 Å². The van der Waals surface area contributed by atoms with Gasteiger partial charge in [0, 0.05) is 0 Å². The van der Waals surface area contributed by atoms with Gasteiger partial charge in [0.25, 0.3) is 0 Å². The Morgan fingerprint density at radius 2 is 1.12 bits per heavy atom. The van der Waals surface area contributed by atoms with Crippen molar-refractivity contribution in [3.8, 4) is 11.5 Å². The molecule has 0 unspecified atom stereocenters. The third-order valence-corrected chi connectivity index (χ3v) is 5.09. The van der Waals surface area contributed by atoms with Gasteiger partial charge in [-0.15, -0.1) is 0 Å². The largest absolute Gasteiger partial charge is 0.418 e. The van der Waals surface area contributed by atoms with Gasteiger partial charge >= 0.3 is 8.25 Å². The molecule has 0 saturated carbocycles. The summed E-state index contributed by atoms with van der Waals surface area (Å²) >= 11 is 0.